The summed E-state index contributed by atoms with van der Waals surface area (Å²) in [4.78, 5) is 15.0. The molecule has 2 aliphatic rings. The zero-order valence-corrected chi connectivity index (χ0v) is 12.3. The Balaban J connectivity index is 1.78. The number of rotatable bonds is 1. The van der Waals surface area contributed by atoms with Gasteiger partial charge in [0.25, 0.3) is 0 Å². The highest BCUT2D eigenvalue weighted by atomic mass is 16.2. The first kappa shape index (κ1) is 13.6. The van der Waals surface area contributed by atoms with Crippen molar-refractivity contribution in [1.82, 2.24) is 10.2 Å². The smallest absolute Gasteiger partial charge is 0.228 e. The van der Waals surface area contributed by atoms with Gasteiger partial charge in [0, 0.05) is 18.5 Å². The minimum atomic E-state index is -0.162. The summed E-state index contributed by atoms with van der Waals surface area (Å²) in [6.07, 6.45) is 4.10. The fourth-order valence-electron chi connectivity index (χ4n) is 3.45. The fraction of sp³-hybridized carbons (Fsp3) is 0.588. The van der Waals surface area contributed by atoms with E-state index in [0.717, 1.165) is 51.9 Å². The Labute approximate surface area is 121 Å². The number of aryl methyl sites for hydroxylation is 1. The number of fused-ring (bicyclic) bond motifs is 1. The van der Waals surface area contributed by atoms with Crippen LogP contribution in [-0.2, 0) is 17.8 Å². The first-order valence-electron chi connectivity index (χ1n) is 7.76. The van der Waals surface area contributed by atoms with Gasteiger partial charge in [-0.25, -0.2) is 0 Å². The third-order valence-corrected chi connectivity index (χ3v) is 4.86. The van der Waals surface area contributed by atoms with Gasteiger partial charge in [-0.05, 0) is 49.9 Å². The van der Waals surface area contributed by atoms with Gasteiger partial charge in [0.15, 0.2) is 0 Å². The van der Waals surface area contributed by atoms with Gasteiger partial charge >= 0.3 is 0 Å². The van der Waals surface area contributed by atoms with Gasteiger partial charge in [-0.2, -0.15) is 0 Å². The summed E-state index contributed by atoms with van der Waals surface area (Å²) in [7, 11) is 0. The zero-order chi connectivity index (χ0) is 14.0. The molecule has 1 aromatic carbocycles. The van der Waals surface area contributed by atoms with Gasteiger partial charge in [-0.3, -0.25) is 4.79 Å². The average molecular weight is 272 g/mol. The van der Waals surface area contributed by atoms with Crippen LogP contribution >= 0.6 is 0 Å². The molecule has 108 valence electrons. The molecule has 1 aromatic rings. The second kappa shape index (κ2) is 5.57. The summed E-state index contributed by atoms with van der Waals surface area (Å²) in [6, 6.07) is 8.56. The normalized spacial score (nSPS) is 21.9. The molecule has 0 saturated carbocycles. The van der Waals surface area contributed by atoms with Crippen LogP contribution in [0.4, 0.5) is 0 Å². The molecule has 0 bridgehead atoms. The Morgan fingerprint density at radius 1 is 1.20 bits per heavy atom. The lowest BCUT2D eigenvalue weighted by Gasteiger charge is -2.37. The van der Waals surface area contributed by atoms with Crippen molar-refractivity contribution >= 4 is 5.91 Å². The third-order valence-electron chi connectivity index (χ3n) is 4.86. The molecule has 3 nitrogen and oxygen atoms in total. The molecule has 1 N–H and O–H groups in total. The van der Waals surface area contributed by atoms with Crippen molar-refractivity contribution < 1.29 is 4.79 Å². The van der Waals surface area contributed by atoms with Gasteiger partial charge in [0.05, 0.1) is 0 Å². The molecule has 0 spiro atoms. The SMILES string of the molecule is CC1(C(=O)N2CCCc3ccccc3C2)CCNCC1. The maximum Gasteiger partial charge on any atom is 0.228 e. The van der Waals surface area contributed by atoms with E-state index in [4.69, 9.17) is 0 Å². The number of benzene rings is 1. The van der Waals surface area contributed by atoms with Crippen molar-refractivity contribution in [2.75, 3.05) is 19.6 Å². The van der Waals surface area contributed by atoms with Crippen molar-refractivity contribution in [3.05, 3.63) is 35.4 Å². The van der Waals surface area contributed by atoms with Crippen LogP contribution in [0.3, 0.4) is 0 Å². The number of carbonyl (C=O) groups excluding carboxylic acids is 1. The van der Waals surface area contributed by atoms with Crippen LogP contribution in [0.25, 0.3) is 0 Å². The van der Waals surface area contributed by atoms with E-state index < -0.39 is 0 Å². The Morgan fingerprint density at radius 3 is 2.65 bits per heavy atom. The molecule has 0 aliphatic carbocycles. The number of nitrogens with zero attached hydrogens (tertiary/aromatic N) is 1. The van der Waals surface area contributed by atoms with E-state index in [-0.39, 0.29) is 5.41 Å². The lowest BCUT2D eigenvalue weighted by atomic mass is 9.79. The van der Waals surface area contributed by atoms with Crippen LogP contribution in [0, 0.1) is 5.41 Å². The van der Waals surface area contributed by atoms with Crippen LogP contribution in [-0.4, -0.2) is 30.4 Å². The summed E-state index contributed by atoms with van der Waals surface area (Å²) in [5, 5.41) is 3.35. The highest BCUT2D eigenvalue weighted by Gasteiger charge is 2.37. The number of hydrogen-bond acceptors (Lipinski definition) is 2. The molecule has 3 rings (SSSR count). The second-order valence-corrected chi connectivity index (χ2v) is 6.41. The molecule has 1 amide bonds. The van der Waals surface area contributed by atoms with Crippen molar-refractivity contribution in [3.8, 4) is 0 Å². The summed E-state index contributed by atoms with van der Waals surface area (Å²) in [6.45, 7) is 5.76. The monoisotopic (exact) mass is 272 g/mol. The summed E-state index contributed by atoms with van der Waals surface area (Å²) >= 11 is 0. The van der Waals surface area contributed by atoms with Gasteiger partial charge in [-0.15, -0.1) is 0 Å². The number of carbonyl (C=O) groups is 1. The maximum atomic E-state index is 12.9. The van der Waals surface area contributed by atoms with E-state index >= 15 is 0 Å². The van der Waals surface area contributed by atoms with Crippen LogP contribution in [0.5, 0.6) is 0 Å². The largest absolute Gasteiger partial charge is 0.338 e. The molecule has 20 heavy (non-hydrogen) atoms. The molecule has 1 fully saturated rings. The number of hydrogen-bond donors (Lipinski definition) is 1. The standard InChI is InChI=1S/C17H24N2O/c1-17(8-10-18-11-9-17)16(20)19-12-4-7-14-5-2-3-6-15(14)13-19/h2-3,5-6,18H,4,7-13H2,1H3. The molecule has 0 radical (unpaired) electrons. The molecule has 2 heterocycles. The Bertz CT molecular complexity index is 492. The molecule has 0 aromatic heterocycles. The summed E-state index contributed by atoms with van der Waals surface area (Å²) in [5.41, 5.74) is 2.58. The van der Waals surface area contributed by atoms with Crippen LogP contribution in [0.15, 0.2) is 24.3 Å². The summed E-state index contributed by atoms with van der Waals surface area (Å²) < 4.78 is 0. The predicted molar refractivity (Wildman–Crippen MR) is 80.4 cm³/mol. The third kappa shape index (κ3) is 2.59. The lowest BCUT2D eigenvalue weighted by Crippen LogP contribution is -2.47. The minimum absolute atomic E-state index is 0.162. The van der Waals surface area contributed by atoms with Crippen LogP contribution in [0.1, 0.15) is 37.3 Å². The molecular formula is C17H24N2O. The number of piperidine rings is 1. The van der Waals surface area contributed by atoms with Gasteiger partial charge in [0.1, 0.15) is 0 Å². The first-order chi connectivity index (χ1) is 9.69. The van der Waals surface area contributed by atoms with E-state index in [2.05, 4.69) is 41.4 Å². The number of amides is 1. The topological polar surface area (TPSA) is 32.3 Å². The molecule has 0 atom stereocenters. The highest BCUT2D eigenvalue weighted by Crippen LogP contribution is 2.32. The minimum Gasteiger partial charge on any atom is -0.338 e. The van der Waals surface area contributed by atoms with Crippen molar-refractivity contribution in [2.24, 2.45) is 5.41 Å². The van der Waals surface area contributed by atoms with Crippen LogP contribution < -0.4 is 5.32 Å². The molecule has 3 heteroatoms. The highest BCUT2D eigenvalue weighted by molar-refractivity contribution is 5.82. The Kier molecular flexibility index (Phi) is 3.79. The molecule has 1 saturated heterocycles. The van der Waals surface area contributed by atoms with E-state index in [1.165, 1.54) is 11.1 Å². The van der Waals surface area contributed by atoms with Crippen molar-refractivity contribution in [2.45, 2.75) is 39.2 Å². The lowest BCUT2D eigenvalue weighted by molar-refractivity contribution is -0.143. The molecule has 0 unspecified atom stereocenters. The van der Waals surface area contributed by atoms with Gasteiger partial charge in [-0.1, -0.05) is 31.2 Å². The van der Waals surface area contributed by atoms with E-state index in [0.29, 0.717) is 5.91 Å². The Hall–Kier alpha value is -1.35. The van der Waals surface area contributed by atoms with E-state index in [1.54, 1.807) is 0 Å². The first-order valence-corrected chi connectivity index (χ1v) is 7.76. The average Bonchev–Trinajstić information content (AvgIpc) is 2.69. The van der Waals surface area contributed by atoms with E-state index in [9.17, 15) is 4.79 Å². The Morgan fingerprint density at radius 2 is 1.90 bits per heavy atom. The van der Waals surface area contributed by atoms with Crippen LogP contribution in [0.2, 0.25) is 0 Å². The van der Waals surface area contributed by atoms with Crippen molar-refractivity contribution in [1.29, 1.82) is 0 Å². The van der Waals surface area contributed by atoms with Gasteiger partial charge in [0.2, 0.25) is 5.91 Å². The molecular weight excluding hydrogens is 248 g/mol. The van der Waals surface area contributed by atoms with Crippen molar-refractivity contribution in [3.63, 3.8) is 0 Å². The fourth-order valence-corrected chi connectivity index (χ4v) is 3.45. The van der Waals surface area contributed by atoms with Gasteiger partial charge < -0.3 is 10.2 Å². The quantitative estimate of drug-likeness (QED) is 0.851. The number of nitrogens with one attached hydrogen (secondary N) is 1. The molecule has 2 aliphatic heterocycles. The predicted octanol–water partition coefficient (Wildman–Crippen LogP) is 2.35. The zero-order valence-electron chi connectivity index (χ0n) is 12.3. The van der Waals surface area contributed by atoms with E-state index in [1.807, 2.05) is 0 Å². The second-order valence-electron chi connectivity index (χ2n) is 6.41. The maximum absolute atomic E-state index is 12.9. The summed E-state index contributed by atoms with van der Waals surface area (Å²) in [5.74, 6) is 0.357.